The number of sulfonamides is 1. The third-order valence-electron chi connectivity index (χ3n) is 8.53. The zero-order chi connectivity index (χ0) is 34.1. The van der Waals surface area contributed by atoms with Crippen LogP contribution in [0.4, 0.5) is 10.1 Å². The molecule has 2 amide bonds. The van der Waals surface area contributed by atoms with Crippen LogP contribution in [0.1, 0.15) is 43.2 Å². The van der Waals surface area contributed by atoms with Crippen molar-refractivity contribution in [2.75, 3.05) is 18.0 Å². The van der Waals surface area contributed by atoms with E-state index in [9.17, 15) is 22.4 Å². The largest absolute Gasteiger partial charge is 0.497 e. The summed E-state index contributed by atoms with van der Waals surface area (Å²) in [6.45, 7) is -0.624. The summed E-state index contributed by atoms with van der Waals surface area (Å²) < 4.78 is 48.5. The van der Waals surface area contributed by atoms with E-state index in [4.69, 9.17) is 16.3 Å². The number of ether oxygens (including phenoxy) is 1. The van der Waals surface area contributed by atoms with Crippen molar-refractivity contribution < 1.29 is 27.1 Å². The van der Waals surface area contributed by atoms with Gasteiger partial charge in [0.25, 0.3) is 10.0 Å². The molecule has 48 heavy (non-hydrogen) atoms. The fraction of sp³-hybridized carbons (Fsp3) is 0.297. The zero-order valence-electron chi connectivity index (χ0n) is 26.7. The fourth-order valence-electron chi connectivity index (χ4n) is 5.90. The van der Waals surface area contributed by atoms with Crippen LogP contribution in [0.25, 0.3) is 0 Å². The number of rotatable bonds is 13. The summed E-state index contributed by atoms with van der Waals surface area (Å²) in [7, 11) is -2.87. The number of amides is 2. The predicted octanol–water partition coefficient (Wildman–Crippen LogP) is 6.77. The average molecular weight is 692 g/mol. The van der Waals surface area contributed by atoms with Gasteiger partial charge in [0.15, 0.2) is 0 Å². The third-order valence-corrected chi connectivity index (χ3v) is 10.6. The lowest BCUT2D eigenvalue weighted by Gasteiger charge is -2.35. The second-order valence-corrected chi connectivity index (χ2v) is 14.2. The van der Waals surface area contributed by atoms with Crippen LogP contribution in [0.3, 0.4) is 0 Å². The van der Waals surface area contributed by atoms with E-state index in [2.05, 4.69) is 5.32 Å². The number of anilines is 1. The summed E-state index contributed by atoms with van der Waals surface area (Å²) in [6, 6.07) is 26.1. The summed E-state index contributed by atoms with van der Waals surface area (Å²) >= 11 is 6.16. The van der Waals surface area contributed by atoms with Crippen LogP contribution in [0.5, 0.6) is 5.75 Å². The topological polar surface area (TPSA) is 96.0 Å². The number of nitrogens with one attached hydrogen (secondary N) is 1. The Labute approximate surface area is 286 Å². The minimum absolute atomic E-state index is 0.0110. The van der Waals surface area contributed by atoms with E-state index in [1.54, 1.807) is 24.3 Å². The minimum atomic E-state index is -4.34. The van der Waals surface area contributed by atoms with Crippen molar-refractivity contribution in [3.8, 4) is 5.75 Å². The van der Waals surface area contributed by atoms with E-state index >= 15 is 0 Å². The fourth-order valence-corrected chi connectivity index (χ4v) is 7.44. The van der Waals surface area contributed by atoms with Crippen LogP contribution in [0.2, 0.25) is 5.02 Å². The molecular formula is C37H39ClFN3O5S. The van der Waals surface area contributed by atoms with Crippen molar-refractivity contribution in [1.82, 2.24) is 10.2 Å². The quantitative estimate of drug-likeness (QED) is 0.167. The standard InChI is InChI=1S/C37H39ClFN3O5S/c1-47-33-20-22-34(23-21-33)48(45,46)42(32-18-16-30(39)17-19-32)26-36(43)41(25-28-12-14-29(38)15-13-28)35(24-27-8-4-2-5-9-27)37(44)40-31-10-6-3-7-11-31/h2,4-5,8-9,12-23,31,35H,3,6-7,10-11,24-26H2,1H3,(H,40,44)/t35-/m1/s1. The Bertz CT molecular complexity index is 1770. The Balaban J connectivity index is 1.55. The maximum absolute atomic E-state index is 14.6. The van der Waals surface area contributed by atoms with Gasteiger partial charge in [-0.2, -0.15) is 0 Å². The van der Waals surface area contributed by atoms with Crippen LogP contribution in [-0.4, -0.2) is 50.9 Å². The molecule has 0 radical (unpaired) electrons. The Kier molecular flexibility index (Phi) is 11.7. The molecule has 252 valence electrons. The van der Waals surface area contributed by atoms with Crippen LogP contribution in [0, 0.1) is 5.82 Å². The number of carbonyl (C=O) groups is 2. The molecule has 1 saturated carbocycles. The monoisotopic (exact) mass is 691 g/mol. The van der Waals surface area contributed by atoms with Crippen molar-refractivity contribution in [3.05, 3.63) is 125 Å². The molecule has 1 atom stereocenters. The molecule has 0 saturated heterocycles. The summed E-state index contributed by atoms with van der Waals surface area (Å²) in [5, 5.41) is 3.70. The molecule has 0 unspecified atom stereocenters. The lowest BCUT2D eigenvalue weighted by atomic mass is 9.94. The maximum Gasteiger partial charge on any atom is 0.264 e. The Hall–Kier alpha value is -4.41. The highest BCUT2D eigenvalue weighted by molar-refractivity contribution is 7.92. The molecule has 0 aromatic heterocycles. The van der Waals surface area contributed by atoms with Gasteiger partial charge >= 0.3 is 0 Å². The van der Waals surface area contributed by atoms with Crippen molar-refractivity contribution in [2.24, 2.45) is 0 Å². The Morgan fingerprint density at radius 3 is 2.15 bits per heavy atom. The summed E-state index contributed by atoms with van der Waals surface area (Å²) in [5.74, 6) is -1.01. The van der Waals surface area contributed by atoms with Gasteiger partial charge in [-0.25, -0.2) is 12.8 Å². The molecule has 4 aromatic carbocycles. The van der Waals surface area contributed by atoms with E-state index in [0.29, 0.717) is 16.3 Å². The Morgan fingerprint density at radius 2 is 1.52 bits per heavy atom. The molecule has 0 heterocycles. The zero-order valence-corrected chi connectivity index (χ0v) is 28.3. The molecule has 8 nitrogen and oxygen atoms in total. The van der Waals surface area contributed by atoms with E-state index in [1.165, 1.54) is 48.4 Å². The molecule has 0 aliphatic heterocycles. The molecule has 1 aliphatic rings. The van der Waals surface area contributed by atoms with Crippen molar-refractivity contribution in [2.45, 2.75) is 62.0 Å². The first-order chi connectivity index (χ1) is 23.1. The molecule has 0 bridgehead atoms. The number of hydrogen-bond acceptors (Lipinski definition) is 5. The predicted molar refractivity (Wildman–Crippen MR) is 185 cm³/mol. The molecule has 1 fully saturated rings. The molecule has 1 aliphatic carbocycles. The third kappa shape index (κ3) is 8.93. The van der Waals surface area contributed by atoms with Crippen molar-refractivity contribution in [1.29, 1.82) is 0 Å². The first kappa shape index (κ1) is 34.9. The molecule has 0 spiro atoms. The number of hydrogen-bond donors (Lipinski definition) is 1. The van der Waals surface area contributed by atoms with Gasteiger partial charge in [0.2, 0.25) is 11.8 Å². The van der Waals surface area contributed by atoms with Crippen molar-refractivity contribution in [3.63, 3.8) is 0 Å². The van der Waals surface area contributed by atoms with Crippen molar-refractivity contribution >= 4 is 39.1 Å². The number of benzene rings is 4. The van der Waals surface area contributed by atoms with Crippen LogP contribution in [0.15, 0.2) is 108 Å². The second-order valence-electron chi connectivity index (χ2n) is 11.9. The second kappa shape index (κ2) is 16.1. The number of nitrogens with zero attached hydrogens (tertiary/aromatic N) is 2. The number of halogens is 2. The highest BCUT2D eigenvalue weighted by Crippen LogP contribution is 2.27. The van der Waals surface area contributed by atoms with Crippen LogP contribution < -0.4 is 14.4 Å². The summed E-state index contributed by atoms with van der Waals surface area (Å²) in [5.41, 5.74) is 1.65. The maximum atomic E-state index is 14.6. The van der Waals surface area contributed by atoms with Gasteiger partial charge in [-0.05, 0) is 84.6 Å². The molecular weight excluding hydrogens is 653 g/mol. The Morgan fingerprint density at radius 1 is 0.875 bits per heavy atom. The van der Waals surface area contributed by atoms with Gasteiger partial charge in [0.05, 0.1) is 17.7 Å². The van der Waals surface area contributed by atoms with Gasteiger partial charge in [-0.3, -0.25) is 13.9 Å². The van der Waals surface area contributed by atoms with Gasteiger partial charge in [-0.15, -0.1) is 0 Å². The number of carbonyl (C=O) groups excluding carboxylic acids is 2. The first-order valence-corrected chi connectivity index (χ1v) is 17.8. The highest BCUT2D eigenvalue weighted by Gasteiger charge is 2.35. The molecule has 11 heteroatoms. The van der Waals surface area contributed by atoms with Gasteiger partial charge < -0.3 is 15.0 Å². The molecule has 4 aromatic rings. The first-order valence-electron chi connectivity index (χ1n) is 15.9. The minimum Gasteiger partial charge on any atom is -0.497 e. The summed E-state index contributed by atoms with van der Waals surface area (Å²) in [6.07, 6.45) is 5.05. The average Bonchev–Trinajstić information content (AvgIpc) is 3.10. The van der Waals surface area contributed by atoms with E-state index in [0.717, 1.165) is 54.1 Å². The van der Waals surface area contributed by atoms with Gasteiger partial charge in [0.1, 0.15) is 24.2 Å². The molecule has 1 N–H and O–H groups in total. The van der Waals surface area contributed by atoms with Gasteiger partial charge in [0, 0.05) is 24.0 Å². The van der Waals surface area contributed by atoms with E-state index < -0.39 is 34.3 Å². The van der Waals surface area contributed by atoms with E-state index in [-0.39, 0.29) is 35.5 Å². The highest BCUT2D eigenvalue weighted by atomic mass is 35.5. The van der Waals surface area contributed by atoms with Crippen LogP contribution >= 0.6 is 11.6 Å². The van der Waals surface area contributed by atoms with Gasteiger partial charge in [-0.1, -0.05) is 73.3 Å². The lowest BCUT2D eigenvalue weighted by Crippen LogP contribution is -2.55. The summed E-state index contributed by atoms with van der Waals surface area (Å²) in [4.78, 5) is 30.1. The lowest BCUT2D eigenvalue weighted by molar-refractivity contribution is -0.140. The SMILES string of the molecule is COc1ccc(S(=O)(=O)N(CC(=O)N(Cc2ccc(Cl)cc2)[C@H](Cc2ccccc2)C(=O)NC2CCCCC2)c2ccc(F)cc2)cc1. The number of methoxy groups -OCH3 is 1. The normalized spacial score (nSPS) is 14.1. The molecule has 5 rings (SSSR count). The van der Waals surface area contributed by atoms with E-state index in [1.807, 2.05) is 30.3 Å². The van der Waals surface area contributed by atoms with Crippen LogP contribution in [-0.2, 0) is 32.6 Å². The smallest absolute Gasteiger partial charge is 0.264 e.